The number of carboxylic acids is 1. The molecular weight excluding hydrogens is 872 g/mol. The third kappa shape index (κ3) is 13.9. The van der Waals surface area contributed by atoms with Gasteiger partial charge in [-0.05, 0) is 44.0 Å². The number of halogens is 4. The van der Waals surface area contributed by atoms with Crippen LogP contribution in [0.3, 0.4) is 0 Å². The Morgan fingerprint density at radius 1 is 1.09 bits per heavy atom. The summed E-state index contributed by atoms with van der Waals surface area (Å²) in [6.45, 7) is -0.665. The lowest BCUT2D eigenvalue weighted by atomic mass is 9.81. The number of nitro groups is 1. The number of hydrogen-bond donors (Lipinski definition) is 4. The van der Waals surface area contributed by atoms with E-state index in [1.54, 1.807) is 0 Å². The fraction of sp³-hybridized carbons (Fsp3) is 0.400. The van der Waals surface area contributed by atoms with Gasteiger partial charge in [-0.25, -0.2) is 26.2 Å². The minimum atomic E-state index is -3.70. The molecule has 1 heterocycles. The van der Waals surface area contributed by atoms with Gasteiger partial charge in [0.2, 0.25) is 10.0 Å². The maximum absolute atomic E-state index is 12.8. The van der Waals surface area contributed by atoms with Crippen LogP contribution in [0.5, 0.6) is 0 Å². The van der Waals surface area contributed by atoms with Crippen molar-refractivity contribution in [2.45, 2.75) is 50.1 Å². The first-order valence-electron chi connectivity index (χ1n) is 15.8. The highest BCUT2D eigenvalue weighted by molar-refractivity contribution is 7.92. The van der Waals surface area contributed by atoms with Gasteiger partial charge in [0.1, 0.15) is 17.8 Å². The fourth-order valence-electron chi connectivity index (χ4n) is 4.79. The van der Waals surface area contributed by atoms with Gasteiger partial charge >= 0.3 is 18.2 Å². The second-order valence-electron chi connectivity index (χ2n) is 12.3. The molecule has 314 valence electrons. The zero-order valence-corrected chi connectivity index (χ0v) is 34.1. The monoisotopic (exact) mass is 906 g/mol. The van der Waals surface area contributed by atoms with Gasteiger partial charge < -0.3 is 15.7 Å². The van der Waals surface area contributed by atoms with Crippen LogP contribution in [0.4, 0.5) is 20.2 Å². The molecule has 2 unspecified atom stereocenters. The smallest absolute Gasteiger partial charge is 0.355 e. The first-order chi connectivity index (χ1) is 26.0. The minimum Gasteiger partial charge on any atom is -0.480 e. The molecule has 0 amide bonds. The number of carbonyl (C=O) groups is 4. The molecular formula is C30H35Cl2F2N6O14PS2. The molecule has 1 aromatic heterocycles. The van der Waals surface area contributed by atoms with E-state index in [-0.39, 0.29) is 62.1 Å². The van der Waals surface area contributed by atoms with Crippen LogP contribution in [-0.4, -0.2) is 101 Å². The zero-order valence-electron chi connectivity index (χ0n) is 30.1. The number of hydrogen-bond acceptors (Lipinski definition) is 14. The number of ketones is 3. The van der Waals surface area contributed by atoms with E-state index < -0.39 is 90.9 Å². The number of carbonyl (C=O) groups excluding carboxylic acids is 3. The number of aryl methyl sites for hydroxylation is 1. The van der Waals surface area contributed by atoms with Gasteiger partial charge in [0.05, 0.1) is 43.1 Å². The molecule has 27 heteroatoms. The van der Waals surface area contributed by atoms with Gasteiger partial charge in [-0.1, -0.05) is 23.2 Å². The number of rotatable bonds is 12. The van der Waals surface area contributed by atoms with Gasteiger partial charge in [0, 0.05) is 38.0 Å². The molecule has 20 nitrogen and oxygen atoms in total. The number of alkyl halides is 2. The highest BCUT2D eigenvalue weighted by Gasteiger charge is 2.39. The first kappa shape index (κ1) is 48.7. The number of anilines is 1. The quantitative estimate of drug-likeness (QED) is 0.0666. The molecule has 0 aliphatic heterocycles. The lowest BCUT2D eigenvalue weighted by Crippen LogP contribution is -2.35. The molecule has 0 radical (unpaired) electrons. The van der Waals surface area contributed by atoms with E-state index in [0.717, 1.165) is 36.8 Å². The van der Waals surface area contributed by atoms with Crippen LogP contribution < -0.4 is 16.1 Å². The Labute approximate surface area is 332 Å². The van der Waals surface area contributed by atoms with Crippen molar-refractivity contribution < 1.29 is 64.3 Å². The summed E-state index contributed by atoms with van der Waals surface area (Å²) in [7, 11) is -10.4. The van der Waals surface area contributed by atoms with E-state index in [9.17, 15) is 64.3 Å². The fourth-order valence-corrected chi connectivity index (χ4v) is 7.33. The Kier molecular flexibility index (Phi) is 16.5. The molecule has 2 aromatic carbocycles. The average molecular weight is 908 g/mol. The van der Waals surface area contributed by atoms with Crippen molar-refractivity contribution in [3.8, 4) is 5.69 Å². The van der Waals surface area contributed by atoms with E-state index in [2.05, 4.69) is 9.82 Å². The lowest BCUT2D eigenvalue weighted by molar-refractivity contribution is -0.385. The number of benzene rings is 2. The Bertz CT molecular complexity index is 2410. The van der Waals surface area contributed by atoms with Crippen molar-refractivity contribution in [1.82, 2.24) is 14.3 Å². The van der Waals surface area contributed by atoms with Crippen LogP contribution in [0.1, 0.15) is 48.4 Å². The van der Waals surface area contributed by atoms with Gasteiger partial charge in [0.25, 0.3) is 5.69 Å². The van der Waals surface area contributed by atoms with Crippen molar-refractivity contribution in [3.05, 3.63) is 72.4 Å². The topological polar surface area (TPSA) is 315 Å². The Hall–Kier alpha value is -4.45. The summed E-state index contributed by atoms with van der Waals surface area (Å²) in [5, 5.41) is 23.0. The molecule has 0 saturated heterocycles. The number of nitrogens with zero attached hydrogens (tertiary/aromatic N) is 4. The number of nitro benzene ring substituents is 1. The summed E-state index contributed by atoms with van der Waals surface area (Å²) in [6, 6.07) is 4.07. The van der Waals surface area contributed by atoms with E-state index in [1.807, 2.05) is 0 Å². The summed E-state index contributed by atoms with van der Waals surface area (Å²) < 4.78 is 84.9. The van der Waals surface area contributed by atoms with Crippen molar-refractivity contribution in [2.75, 3.05) is 30.1 Å². The standard InChI is InChI=1S/C14H13NO7S.C11H10Cl2F2N4O3S.C5H12NO4P/c1-23(21,22)8-5-6-9(10(7-8)15(19)20)14(18)13-11(16)3-2-4-12(13)17;1-5-16-19(11(20)18(5)10(14)15)9-4-8(17-23(2,21)22)6(12)3-7(9)13;1-11(9,10)3-2-4(6)5(7)8/h5-7,13H,2-4H2,1H3;3-4,10,17H,1-2H3;4H,2-3,6H2,1H3,(H,7,8)(H,9,10). The summed E-state index contributed by atoms with van der Waals surface area (Å²) in [6.07, 6.45) is 2.27. The maximum atomic E-state index is 12.8. The van der Waals surface area contributed by atoms with Crippen LogP contribution >= 0.6 is 30.6 Å². The number of carboxylic acid groups (broad SMARTS) is 1. The molecule has 5 N–H and O–H groups in total. The predicted octanol–water partition coefficient (Wildman–Crippen LogP) is 3.22. The number of aromatic nitrogens is 3. The van der Waals surface area contributed by atoms with Crippen LogP contribution in [-0.2, 0) is 38.8 Å². The summed E-state index contributed by atoms with van der Waals surface area (Å²) in [4.78, 5) is 76.9. The molecule has 1 aliphatic carbocycles. The number of Topliss-reactive ketones (excluding diaryl/α,β-unsaturated/α-hetero) is 3. The number of nitrogens with two attached hydrogens (primary N) is 1. The normalized spacial score (nSPS) is 15.1. The third-order valence-electron chi connectivity index (χ3n) is 7.52. The highest BCUT2D eigenvalue weighted by Crippen LogP contribution is 2.36. The molecule has 1 fully saturated rings. The van der Waals surface area contributed by atoms with Crippen molar-refractivity contribution in [1.29, 1.82) is 0 Å². The van der Waals surface area contributed by atoms with Crippen LogP contribution in [0.25, 0.3) is 5.69 Å². The zero-order chi connectivity index (χ0) is 44.0. The number of sulfonamides is 1. The van der Waals surface area contributed by atoms with Gasteiger partial charge in [-0.15, -0.1) is 5.10 Å². The third-order valence-corrected chi connectivity index (χ3v) is 10.9. The minimum absolute atomic E-state index is 0.0257. The molecule has 0 bridgehead atoms. The SMILES string of the molecule is CP(=O)(O)CCC(N)C(=O)O.CS(=O)(=O)c1ccc(C(=O)C2C(=O)CCCC2=O)c([N+](=O)[O-])c1.Cc1nn(-c2cc(NS(C)(=O)=O)c(Cl)cc2Cl)c(=O)n1C(F)F. The van der Waals surface area contributed by atoms with Crippen LogP contribution in [0, 0.1) is 23.0 Å². The Morgan fingerprint density at radius 3 is 2.09 bits per heavy atom. The van der Waals surface area contributed by atoms with Gasteiger partial charge in [-0.2, -0.15) is 13.5 Å². The molecule has 3 aromatic rings. The lowest BCUT2D eigenvalue weighted by Gasteiger charge is -2.18. The maximum Gasteiger partial charge on any atom is 0.355 e. The van der Waals surface area contributed by atoms with E-state index in [1.165, 1.54) is 19.7 Å². The van der Waals surface area contributed by atoms with Crippen LogP contribution in [0.2, 0.25) is 10.0 Å². The van der Waals surface area contributed by atoms with E-state index >= 15 is 0 Å². The molecule has 1 aliphatic rings. The number of aliphatic carboxylic acids is 1. The molecule has 57 heavy (non-hydrogen) atoms. The molecule has 4 rings (SSSR count). The van der Waals surface area contributed by atoms with Gasteiger partial charge in [0.15, 0.2) is 34.6 Å². The van der Waals surface area contributed by atoms with E-state index in [0.29, 0.717) is 11.1 Å². The van der Waals surface area contributed by atoms with Crippen molar-refractivity contribution in [3.63, 3.8) is 0 Å². The second kappa shape index (κ2) is 19.3. The number of sulfone groups is 1. The second-order valence-corrected chi connectivity index (χ2v) is 19.5. The molecule has 1 saturated carbocycles. The first-order valence-corrected chi connectivity index (χ1v) is 22.6. The van der Waals surface area contributed by atoms with Gasteiger partial charge in [-0.3, -0.25) is 38.6 Å². The van der Waals surface area contributed by atoms with Crippen molar-refractivity contribution in [2.24, 2.45) is 11.7 Å². The summed E-state index contributed by atoms with van der Waals surface area (Å²) in [5.41, 5.74) is 2.65. The van der Waals surface area contributed by atoms with Crippen molar-refractivity contribution >= 4 is 85.1 Å². The summed E-state index contributed by atoms with van der Waals surface area (Å²) in [5.74, 6) is -4.98. The predicted molar refractivity (Wildman–Crippen MR) is 201 cm³/mol. The largest absolute Gasteiger partial charge is 0.480 e. The molecule has 0 spiro atoms. The summed E-state index contributed by atoms with van der Waals surface area (Å²) >= 11 is 11.8. The highest BCUT2D eigenvalue weighted by atomic mass is 35.5. The average Bonchev–Trinajstić information content (AvgIpc) is 3.36. The van der Waals surface area contributed by atoms with E-state index in [4.69, 9.17) is 38.9 Å². The number of nitrogens with one attached hydrogen (secondary N) is 1. The van der Waals surface area contributed by atoms with Crippen LogP contribution in [0.15, 0.2) is 40.0 Å². The Morgan fingerprint density at radius 2 is 1.65 bits per heavy atom. The Balaban J connectivity index is 0.000000315. The molecule has 2 atom stereocenters.